The molecule has 8 heteroatoms. The molecule has 2 fully saturated rings. The number of guanidine groups is 1. The van der Waals surface area contributed by atoms with E-state index in [1.807, 2.05) is 7.05 Å². The zero-order valence-corrected chi connectivity index (χ0v) is 19.2. The van der Waals surface area contributed by atoms with Crippen LogP contribution < -0.4 is 10.6 Å². The molecule has 1 aromatic heterocycles. The maximum absolute atomic E-state index is 5.49. The lowest BCUT2D eigenvalue weighted by Gasteiger charge is -2.34. The van der Waals surface area contributed by atoms with Crippen molar-refractivity contribution in [2.45, 2.75) is 45.7 Å². The Morgan fingerprint density at radius 3 is 2.65 bits per heavy atom. The van der Waals surface area contributed by atoms with E-state index in [1.165, 1.54) is 30.7 Å². The number of thiazole rings is 1. The molecule has 0 aromatic carbocycles. The van der Waals surface area contributed by atoms with E-state index in [9.17, 15) is 0 Å². The number of likely N-dealkylation sites (tertiary alicyclic amines) is 1. The zero-order valence-electron chi connectivity index (χ0n) is 16.1. The molecule has 0 bridgehead atoms. The first-order valence-corrected chi connectivity index (χ1v) is 10.2. The number of halogens is 1. The molecule has 148 valence electrons. The van der Waals surface area contributed by atoms with Crippen molar-refractivity contribution in [2.24, 2.45) is 10.9 Å². The highest BCUT2D eigenvalue weighted by molar-refractivity contribution is 14.0. The summed E-state index contributed by atoms with van der Waals surface area (Å²) < 4.78 is 5.49. The van der Waals surface area contributed by atoms with Crippen LogP contribution >= 0.6 is 35.3 Å². The summed E-state index contributed by atoms with van der Waals surface area (Å²) in [6.07, 6.45) is 3.57. The summed E-state index contributed by atoms with van der Waals surface area (Å²) >= 11 is 1.75. The summed E-state index contributed by atoms with van der Waals surface area (Å²) in [6.45, 7) is 10.3. The molecule has 26 heavy (non-hydrogen) atoms. The Balaban J connectivity index is 0.00000243. The molecule has 0 aliphatic carbocycles. The molecule has 2 aliphatic heterocycles. The van der Waals surface area contributed by atoms with Crippen LogP contribution in [0.25, 0.3) is 0 Å². The first kappa shape index (κ1) is 21.8. The van der Waals surface area contributed by atoms with Crippen LogP contribution in [0.3, 0.4) is 0 Å². The number of aryl methyl sites for hydroxylation is 2. The van der Waals surface area contributed by atoms with E-state index in [4.69, 9.17) is 4.74 Å². The van der Waals surface area contributed by atoms with Crippen molar-refractivity contribution in [3.8, 4) is 0 Å². The highest BCUT2D eigenvalue weighted by Gasteiger charge is 2.24. The topological polar surface area (TPSA) is 61.8 Å². The molecule has 2 saturated heterocycles. The Morgan fingerprint density at radius 2 is 2.08 bits per heavy atom. The fraction of sp³-hybridized carbons (Fsp3) is 0.778. The second kappa shape index (κ2) is 10.8. The van der Waals surface area contributed by atoms with Crippen molar-refractivity contribution in [1.82, 2.24) is 20.5 Å². The standard InChI is InChI=1S/C18H31N5OS.HI/c1-13-14(2)25-17(21-13)10-20-18(19-3)22-16-4-7-23(8-5-16)11-15-6-9-24-12-15;/h15-16H,4-12H2,1-3H3,(H2,19,20,22);1H. The van der Waals surface area contributed by atoms with Crippen molar-refractivity contribution in [1.29, 1.82) is 0 Å². The van der Waals surface area contributed by atoms with Crippen LogP contribution in [0.2, 0.25) is 0 Å². The van der Waals surface area contributed by atoms with Crippen molar-refractivity contribution in [2.75, 3.05) is 39.9 Å². The lowest BCUT2D eigenvalue weighted by Crippen LogP contribution is -2.49. The summed E-state index contributed by atoms with van der Waals surface area (Å²) in [4.78, 5) is 12.8. The quantitative estimate of drug-likeness (QED) is 0.375. The van der Waals surface area contributed by atoms with Gasteiger partial charge in [-0.1, -0.05) is 0 Å². The first-order valence-electron chi connectivity index (χ1n) is 9.34. The molecule has 1 atom stereocenters. The van der Waals surface area contributed by atoms with Crippen LogP contribution in [0.5, 0.6) is 0 Å². The van der Waals surface area contributed by atoms with Gasteiger partial charge in [-0.05, 0) is 39.0 Å². The van der Waals surface area contributed by atoms with E-state index < -0.39 is 0 Å². The molecule has 6 nitrogen and oxygen atoms in total. The monoisotopic (exact) mass is 493 g/mol. The average molecular weight is 493 g/mol. The third kappa shape index (κ3) is 6.31. The van der Waals surface area contributed by atoms with Gasteiger partial charge in [0.1, 0.15) is 5.01 Å². The molecule has 0 spiro atoms. The third-order valence-corrected chi connectivity index (χ3v) is 6.25. The molecule has 0 radical (unpaired) electrons. The lowest BCUT2D eigenvalue weighted by molar-refractivity contribution is 0.150. The van der Waals surface area contributed by atoms with Gasteiger partial charge in [-0.3, -0.25) is 4.99 Å². The minimum atomic E-state index is 0. The first-order chi connectivity index (χ1) is 12.1. The van der Waals surface area contributed by atoms with Crippen LogP contribution in [-0.2, 0) is 11.3 Å². The van der Waals surface area contributed by atoms with Crippen LogP contribution in [0.15, 0.2) is 4.99 Å². The molecular formula is C18H32IN5OS. The van der Waals surface area contributed by atoms with Crippen molar-refractivity contribution in [3.05, 3.63) is 15.6 Å². The lowest BCUT2D eigenvalue weighted by atomic mass is 10.0. The van der Waals surface area contributed by atoms with Crippen molar-refractivity contribution < 1.29 is 4.74 Å². The van der Waals surface area contributed by atoms with Crippen LogP contribution in [-0.4, -0.2) is 61.8 Å². The van der Waals surface area contributed by atoms with E-state index in [0.29, 0.717) is 6.04 Å². The number of hydrogen-bond donors (Lipinski definition) is 2. The molecule has 0 amide bonds. The smallest absolute Gasteiger partial charge is 0.191 e. The van der Waals surface area contributed by atoms with Gasteiger partial charge >= 0.3 is 0 Å². The predicted molar refractivity (Wildman–Crippen MR) is 119 cm³/mol. The average Bonchev–Trinajstić information content (AvgIpc) is 3.23. The molecule has 1 aromatic rings. The Bertz CT molecular complexity index is 561. The minimum Gasteiger partial charge on any atom is -0.381 e. The highest BCUT2D eigenvalue weighted by atomic mass is 127. The SMILES string of the molecule is CN=C(NCc1nc(C)c(C)s1)NC1CCN(CC2CCOC2)CC1.I. The van der Waals surface area contributed by atoms with Gasteiger partial charge in [0.2, 0.25) is 0 Å². The van der Waals surface area contributed by atoms with E-state index >= 15 is 0 Å². The van der Waals surface area contributed by atoms with Gasteiger partial charge in [0.25, 0.3) is 0 Å². The van der Waals surface area contributed by atoms with Gasteiger partial charge in [0.05, 0.1) is 18.8 Å². The zero-order chi connectivity index (χ0) is 17.6. The van der Waals surface area contributed by atoms with Crippen molar-refractivity contribution in [3.63, 3.8) is 0 Å². The Morgan fingerprint density at radius 1 is 1.31 bits per heavy atom. The summed E-state index contributed by atoms with van der Waals surface area (Å²) in [5.74, 6) is 1.62. The van der Waals surface area contributed by atoms with Crippen LogP contribution in [0, 0.1) is 19.8 Å². The van der Waals surface area contributed by atoms with Gasteiger partial charge in [-0.25, -0.2) is 4.98 Å². The molecule has 2 N–H and O–H groups in total. The van der Waals surface area contributed by atoms with E-state index in [1.54, 1.807) is 11.3 Å². The number of rotatable bonds is 5. The van der Waals surface area contributed by atoms with Crippen LogP contribution in [0.1, 0.15) is 34.8 Å². The third-order valence-electron chi connectivity index (χ3n) is 5.17. The number of nitrogens with one attached hydrogen (secondary N) is 2. The Kier molecular flexibility index (Phi) is 9.05. The van der Waals surface area contributed by atoms with Gasteiger partial charge < -0.3 is 20.3 Å². The number of aromatic nitrogens is 1. The van der Waals surface area contributed by atoms with E-state index in [2.05, 4.69) is 39.4 Å². The molecule has 2 aliphatic rings. The molecule has 3 rings (SSSR count). The molecular weight excluding hydrogens is 461 g/mol. The van der Waals surface area contributed by atoms with Crippen molar-refractivity contribution >= 4 is 41.3 Å². The second-order valence-corrected chi connectivity index (χ2v) is 8.41. The fourth-order valence-corrected chi connectivity index (χ4v) is 4.39. The van der Waals surface area contributed by atoms with Gasteiger partial charge in [-0.15, -0.1) is 35.3 Å². The molecule has 0 saturated carbocycles. The molecule has 3 heterocycles. The minimum absolute atomic E-state index is 0. The molecule has 1 unspecified atom stereocenters. The summed E-state index contributed by atoms with van der Waals surface area (Å²) in [5.41, 5.74) is 1.13. The second-order valence-electron chi connectivity index (χ2n) is 7.12. The summed E-state index contributed by atoms with van der Waals surface area (Å²) in [7, 11) is 1.84. The highest BCUT2D eigenvalue weighted by Crippen LogP contribution is 2.18. The fourth-order valence-electron chi connectivity index (χ4n) is 3.51. The van der Waals surface area contributed by atoms with E-state index in [-0.39, 0.29) is 24.0 Å². The number of hydrogen-bond acceptors (Lipinski definition) is 5. The van der Waals surface area contributed by atoms with Gasteiger partial charge in [-0.2, -0.15) is 0 Å². The Hall–Kier alpha value is -0.450. The largest absolute Gasteiger partial charge is 0.381 e. The summed E-state index contributed by atoms with van der Waals surface area (Å²) in [6, 6.07) is 0.502. The number of aliphatic imine (C=N–C) groups is 1. The van der Waals surface area contributed by atoms with Crippen LogP contribution in [0.4, 0.5) is 0 Å². The summed E-state index contributed by atoms with van der Waals surface area (Å²) in [5, 5.41) is 8.09. The van der Waals surface area contributed by atoms with Gasteiger partial charge in [0.15, 0.2) is 5.96 Å². The normalized spacial score (nSPS) is 22.3. The maximum atomic E-state index is 5.49. The van der Waals surface area contributed by atoms with Gasteiger partial charge in [0, 0.05) is 44.2 Å². The number of nitrogens with zero attached hydrogens (tertiary/aromatic N) is 3. The maximum Gasteiger partial charge on any atom is 0.191 e. The number of ether oxygens (including phenoxy) is 1. The van der Waals surface area contributed by atoms with E-state index in [0.717, 1.165) is 55.4 Å². The number of piperidine rings is 1. The Labute approximate surface area is 178 Å². The predicted octanol–water partition coefficient (Wildman–Crippen LogP) is 2.54.